The summed E-state index contributed by atoms with van der Waals surface area (Å²) in [5.74, 6) is 0.668. The monoisotopic (exact) mass is 346 g/mol. The number of rotatable bonds is 7. The lowest BCUT2D eigenvalue weighted by Gasteiger charge is -2.34. The maximum absolute atomic E-state index is 12.9. The number of benzene rings is 1. The second-order valence-electron chi connectivity index (χ2n) is 6.99. The van der Waals surface area contributed by atoms with Gasteiger partial charge in [-0.3, -0.25) is 0 Å². The van der Waals surface area contributed by atoms with Gasteiger partial charge in [0.05, 0.1) is 0 Å². The van der Waals surface area contributed by atoms with Crippen molar-refractivity contribution in [1.82, 2.24) is 9.80 Å². The number of likely N-dealkylation sites (tertiary alicyclic amines) is 1. The third-order valence-electron chi connectivity index (χ3n) is 4.94. The number of nitrogens with zero attached hydrogens (tertiary/aromatic N) is 2. The van der Waals surface area contributed by atoms with Gasteiger partial charge < -0.3 is 9.80 Å². The molecule has 4 heteroatoms. The molecule has 0 radical (unpaired) electrons. The summed E-state index contributed by atoms with van der Waals surface area (Å²) in [4.78, 5) is 5.01. The maximum Gasteiger partial charge on any atom is 0.123 e. The van der Waals surface area contributed by atoms with Gasteiger partial charge in [-0.25, -0.2) is 4.39 Å². The fourth-order valence-electron chi connectivity index (χ4n) is 3.53. The van der Waals surface area contributed by atoms with Gasteiger partial charge in [-0.1, -0.05) is 12.1 Å². The van der Waals surface area contributed by atoms with Crippen LogP contribution in [0.3, 0.4) is 0 Å². The first-order valence-electron chi connectivity index (χ1n) is 8.85. The summed E-state index contributed by atoms with van der Waals surface area (Å²) in [5, 5.41) is 4.40. The van der Waals surface area contributed by atoms with Crippen LogP contribution in [-0.2, 0) is 13.0 Å². The summed E-state index contributed by atoms with van der Waals surface area (Å²) >= 11 is 1.78. The predicted molar refractivity (Wildman–Crippen MR) is 99.9 cm³/mol. The summed E-state index contributed by atoms with van der Waals surface area (Å²) in [5.41, 5.74) is 2.66. The van der Waals surface area contributed by atoms with Crippen molar-refractivity contribution in [2.45, 2.75) is 25.8 Å². The average molecular weight is 347 g/mol. The van der Waals surface area contributed by atoms with E-state index in [2.05, 4.69) is 33.7 Å². The van der Waals surface area contributed by atoms with Crippen LogP contribution in [0.15, 0.2) is 41.1 Å². The van der Waals surface area contributed by atoms with Gasteiger partial charge >= 0.3 is 0 Å². The van der Waals surface area contributed by atoms with Crippen molar-refractivity contribution in [3.05, 3.63) is 58.0 Å². The van der Waals surface area contributed by atoms with Crippen LogP contribution in [0.1, 0.15) is 24.0 Å². The molecular formula is C20H27FN2S. The van der Waals surface area contributed by atoms with Crippen molar-refractivity contribution in [2.75, 3.05) is 33.2 Å². The molecule has 2 heterocycles. The van der Waals surface area contributed by atoms with Gasteiger partial charge in [0.1, 0.15) is 5.82 Å². The summed E-state index contributed by atoms with van der Waals surface area (Å²) in [6.07, 6.45) is 3.60. The van der Waals surface area contributed by atoms with Crippen LogP contribution in [0.5, 0.6) is 0 Å². The van der Waals surface area contributed by atoms with Crippen molar-refractivity contribution in [2.24, 2.45) is 5.92 Å². The van der Waals surface area contributed by atoms with Crippen molar-refractivity contribution in [3.63, 3.8) is 0 Å². The van der Waals surface area contributed by atoms with Gasteiger partial charge in [-0.05, 0) is 85.4 Å². The van der Waals surface area contributed by atoms with E-state index in [0.717, 1.165) is 25.4 Å². The minimum absolute atomic E-state index is 0.147. The molecule has 0 amide bonds. The van der Waals surface area contributed by atoms with Crippen LogP contribution in [0.4, 0.5) is 4.39 Å². The largest absolute Gasteiger partial charge is 0.303 e. The van der Waals surface area contributed by atoms with E-state index in [-0.39, 0.29) is 5.82 Å². The van der Waals surface area contributed by atoms with E-state index in [1.165, 1.54) is 43.6 Å². The maximum atomic E-state index is 12.9. The first kappa shape index (κ1) is 17.6. The normalized spacial score (nSPS) is 16.8. The molecule has 1 aromatic carbocycles. The molecule has 130 valence electrons. The summed E-state index contributed by atoms with van der Waals surface area (Å²) < 4.78 is 12.9. The molecule has 3 rings (SSSR count). The van der Waals surface area contributed by atoms with E-state index in [1.54, 1.807) is 23.5 Å². The summed E-state index contributed by atoms with van der Waals surface area (Å²) in [7, 11) is 2.23. The molecular weight excluding hydrogens is 319 g/mol. The number of thiophene rings is 1. The highest BCUT2D eigenvalue weighted by Gasteiger charge is 2.20. The van der Waals surface area contributed by atoms with Gasteiger partial charge in [-0.2, -0.15) is 11.3 Å². The number of hydrogen-bond acceptors (Lipinski definition) is 3. The highest BCUT2D eigenvalue weighted by Crippen LogP contribution is 2.19. The molecule has 2 aromatic rings. The Morgan fingerprint density at radius 2 is 1.88 bits per heavy atom. The van der Waals surface area contributed by atoms with Gasteiger partial charge in [0.15, 0.2) is 0 Å². The fourth-order valence-corrected chi connectivity index (χ4v) is 4.19. The van der Waals surface area contributed by atoms with Crippen LogP contribution in [0.25, 0.3) is 0 Å². The molecule has 0 bridgehead atoms. The van der Waals surface area contributed by atoms with E-state index >= 15 is 0 Å². The molecule has 2 nitrogen and oxygen atoms in total. The molecule has 0 unspecified atom stereocenters. The van der Waals surface area contributed by atoms with Crippen molar-refractivity contribution < 1.29 is 4.39 Å². The van der Waals surface area contributed by atoms with Crippen LogP contribution in [-0.4, -0.2) is 43.0 Å². The molecule has 1 aromatic heterocycles. The Labute approximate surface area is 148 Å². The number of halogens is 1. The van der Waals surface area contributed by atoms with Crippen molar-refractivity contribution in [1.29, 1.82) is 0 Å². The zero-order valence-corrected chi connectivity index (χ0v) is 15.3. The minimum Gasteiger partial charge on any atom is -0.303 e. The zero-order chi connectivity index (χ0) is 16.8. The molecule has 24 heavy (non-hydrogen) atoms. The van der Waals surface area contributed by atoms with Gasteiger partial charge in [0.2, 0.25) is 0 Å². The highest BCUT2D eigenvalue weighted by molar-refractivity contribution is 7.07. The van der Waals surface area contributed by atoms with E-state index in [4.69, 9.17) is 0 Å². The van der Waals surface area contributed by atoms with Crippen LogP contribution >= 0.6 is 11.3 Å². The lowest BCUT2D eigenvalue weighted by atomic mass is 9.96. The van der Waals surface area contributed by atoms with E-state index in [1.807, 2.05) is 12.1 Å². The highest BCUT2D eigenvalue weighted by atomic mass is 32.1. The minimum atomic E-state index is -0.147. The summed E-state index contributed by atoms with van der Waals surface area (Å²) in [6, 6.07) is 9.15. The smallest absolute Gasteiger partial charge is 0.123 e. The topological polar surface area (TPSA) is 6.48 Å². The van der Waals surface area contributed by atoms with Crippen molar-refractivity contribution >= 4 is 11.3 Å². The molecule has 0 N–H and O–H groups in total. The third-order valence-corrected chi connectivity index (χ3v) is 5.67. The molecule has 0 saturated carbocycles. The van der Waals surface area contributed by atoms with E-state index in [9.17, 15) is 4.39 Å². The predicted octanol–water partition coefficient (Wildman–Crippen LogP) is 4.27. The second kappa shape index (κ2) is 8.75. The van der Waals surface area contributed by atoms with Crippen molar-refractivity contribution in [3.8, 4) is 0 Å². The molecule has 1 fully saturated rings. The molecule has 0 atom stereocenters. The first-order valence-corrected chi connectivity index (χ1v) is 9.80. The lowest BCUT2D eigenvalue weighted by molar-refractivity contribution is 0.153. The third kappa shape index (κ3) is 5.40. The number of hydrogen-bond donors (Lipinski definition) is 0. The number of piperidine rings is 1. The van der Waals surface area contributed by atoms with Gasteiger partial charge in [-0.15, -0.1) is 0 Å². The van der Waals surface area contributed by atoms with Gasteiger partial charge in [0, 0.05) is 19.6 Å². The average Bonchev–Trinajstić information content (AvgIpc) is 3.08. The SMILES string of the molecule is CN(Cc1ccsc1)CC1CCN(CCc2ccc(F)cc2)CC1. The molecule has 1 aliphatic heterocycles. The molecule has 0 aliphatic carbocycles. The van der Waals surface area contributed by atoms with Crippen LogP contribution in [0, 0.1) is 11.7 Å². The Morgan fingerprint density at radius 1 is 1.12 bits per heavy atom. The van der Waals surface area contributed by atoms with Crippen LogP contribution in [0.2, 0.25) is 0 Å². The Hall–Kier alpha value is -1.23. The Kier molecular flexibility index (Phi) is 6.41. The van der Waals surface area contributed by atoms with Gasteiger partial charge in [0.25, 0.3) is 0 Å². The summed E-state index contributed by atoms with van der Waals surface area (Å²) in [6.45, 7) is 5.73. The Bertz CT molecular complexity index is 589. The first-order chi connectivity index (χ1) is 11.7. The quantitative estimate of drug-likeness (QED) is 0.738. The molecule has 0 spiro atoms. The standard InChI is InChI=1S/C20H27FN2S/c1-22(15-19-9-13-24-16-19)14-18-7-11-23(12-8-18)10-6-17-2-4-20(21)5-3-17/h2-5,9,13,16,18H,6-8,10-12,14-15H2,1H3. The van der Waals surface area contributed by atoms with Crippen LogP contribution < -0.4 is 0 Å². The fraction of sp³-hybridized carbons (Fsp3) is 0.500. The van der Waals surface area contributed by atoms with E-state index in [0.29, 0.717) is 0 Å². The second-order valence-corrected chi connectivity index (χ2v) is 7.77. The zero-order valence-electron chi connectivity index (χ0n) is 14.5. The lowest BCUT2D eigenvalue weighted by Crippen LogP contribution is -2.38. The Balaban J connectivity index is 1.35. The molecule has 1 saturated heterocycles. The van der Waals surface area contributed by atoms with E-state index < -0.39 is 0 Å². The molecule has 1 aliphatic rings. The Morgan fingerprint density at radius 3 is 2.54 bits per heavy atom.